The van der Waals surface area contributed by atoms with Crippen LogP contribution >= 0.6 is 0 Å². The Morgan fingerprint density at radius 3 is 2.70 bits per heavy atom. The molecule has 2 aromatic carbocycles. The fourth-order valence-corrected chi connectivity index (χ4v) is 4.70. The summed E-state index contributed by atoms with van der Waals surface area (Å²) in [6.07, 6.45) is 2.70. The number of morpholine rings is 1. The van der Waals surface area contributed by atoms with E-state index in [0.717, 1.165) is 13.1 Å². The van der Waals surface area contributed by atoms with Gasteiger partial charge in [0, 0.05) is 25.7 Å². The SMILES string of the molecule is COc1ccc(/C=C/C(=O)c2cc3c(cc2OCCN2CCOCC2)OCS3(=O)=O)cc1F. The number of fused-ring (bicyclic) bond motifs is 1. The van der Waals surface area contributed by atoms with Gasteiger partial charge in [-0.1, -0.05) is 12.1 Å². The number of ether oxygens (including phenoxy) is 4. The number of halogens is 1. The Kier molecular flexibility index (Phi) is 6.96. The van der Waals surface area contributed by atoms with E-state index >= 15 is 0 Å². The van der Waals surface area contributed by atoms with Gasteiger partial charge in [-0.15, -0.1) is 0 Å². The van der Waals surface area contributed by atoms with Gasteiger partial charge in [-0.05, 0) is 29.8 Å². The minimum atomic E-state index is -3.64. The summed E-state index contributed by atoms with van der Waals surface area (Å²) in [6.45, 7) is 3.84. The highest BCUT2D eigenvalue weighted by Crippen LogP contribution is 2.37. The number of carbonyl (C=O) groups is 1. The maximum Gasteiger partial charge on any atom is 0.216 e. The van der Waals surface area contributed by atoms with Crippen LogP contribution in [0.1, 0.15) is 15.9 Å². The zero-order valence-electron chi connectivity index (χ0n) is 18.1. The number of ketones is 1. The first-order valence-corrected chi connectivity index (χ1v) is 12.0. The normalized spacial score (nSPS) is 17.5. The molecule has 0 spiro atoms. The number of allylic oxidation sites excluding steroid dienone is 1. The highest BCUT2D eigenvalue weighted by Gasteiger charge is 2.31. The molecule has 0 aromatic heterocycles. The molecule has 2 aliphatic heterocycles. The maximum atomic E-state index is 13.9. The van der Waals surface area contributed by atoms with Crippen LogP contribution in [0, 0.1) is 5.82 Å². The molecule has 0 bridgehead atoms. The van der Waals surface area contributed by atoms with Gasteiger partial charge in [0.25, 0.3) is 0 Å². The summed E-state index contributed by atoms with van der Waals surface area (Å²) in [7, 11) is -2.27. The molecule has 0 atom stereocenters. The van der Waals surface area contributed by atoms with Crippen LogP contribution in [0.2, 0.25) is 0 Å². The van der Waals surface area contributed by atoms with Gasteiger partial charge in [0.15, 0.2) is 23.3 Å². The fraction of sp³-hybridized carbons (Fsp3) is 0.348. The van der Waals surface area contributed by atoms with Crippen LogP contribution in [-0.2, 0) is 14.6 Å². The molecule has 0 amide bonds. The second-order valence-corrected chi connectivity index (χ2v) is 9.47. The summed E-state index contributed by atoms with van der Waals surface area (Å²) >= 11 is 0. The number of hydrogen-bond acceptors (Lipinski definition) is 8. The van der Waals surface area contributed by atoms with Crippen molar-refractivity contribution in [1.82, 2.24) is 4.90 Å². The van der Waals surface area contributed by atoms with Crippen LogP contribution in [0.3, 0.4) is 0 Å². The van der Waals surface area contributed by atoms with Crippen LogP contribution in [0.15, 0.2) is 41.3 Å². The molecule has 0 radical (unpaired) electrons. The number of nitrogens with zero attached hydrogens (tertiary/aromatic N) is 1. The highest BCUT2D eigenvalue weighted by atomic mass is 32.2. The van der Waals surface area contributed by atoms with Crippen molar-refractivity contribution >= 4 is 21.7 Å². The third-order valence-electron chi connectivity index (χ3n) is 5.39. The molecule has 10 heteroatoms. The zero-order valence-corrected chi connectivity index (χ0v) is 18.9. The van der Waals surface area contributed by atoms with Gasteiger partial charge in [-0.2, -0.15) is 0 Å². The number of rotatable bonds is 8. The predicted octanol–water partition coefficient (Wildman–Crippen LogP) is 2.57. The van der Waals surface area contributed by atoms with Crippen LogP contribution in [0.25, 0.3) is 6.08 Å². The molecule has 2 aromatic rings. The molecule has 8 nitrogen and oxygen atoms in total. The van der Waals surface area contributed by atoms with E-state index in [1.165, 1.54) is 43.5 Å². The van der Waals surface area contributed by atoms with Crippen LogP contribution in [0.5, 0.6) is 17.2 Å². The Labute approximate surface area is 191 Å². The standard InChI is InChI=1S/C23H24FNO7S/c1-29-20-5-3-16(12-18(20)24)2-4-19(26)17-13-23-22(32-15-33(23,27)28)14-21(17)31-11-8-25-6-9-30-10-7-25/h2-5,12-14H,6-11,15H2,1H3/b4-2+. The van der Waals surface area contributed by atoms with E-state index in [1.807, 2.05) is 0 Å². The van der Waals surface area contributed by atoms with Gasteiger partial charge >= 0.3 is 0 Å². The van der Waals surface area contributed by atoms with Crippen LogP contribution in [-0.4, -0.2) is 71.6 Å². The average Bonchev–Trinajstić information content (AvgIpc) is 3.11. The third kappa shape index (κ3) is 5.35. The summed E-state index contributed by atoms with van der Waals surface area (Å²) in [5.41, 5.74) is 0.545. The first-order chi connectivity index (χ1) is 15.9. The number of carbonyl (C=O) groups excluding carboxylic acids is 1. The van der Waals surface area contributed by atoms with Crippen molar-refractivity contribution in [2.24, 2.45) is 0 Å². The Bertz CT molecular complexity index is 1170. The molecule has 1 fully saturated rings. The third-order valence-corrected chi connectivity index (χ3v) is 6.81. The first kappa shape index (κ1) is 23.2. The lowest BCUT2D eigenvalue weighted by molar-refractivity contribution is 0.0322. The summed E-state index contributed by atoms with van der Waals surface area (Å²) in [4.78, 5) is 15.1. The van der Waals surface area contributed by atoms with Gasteiger partial charge in [0.05, 0.1) is 25.9 Å². The molecule has 2 aliphatic rings. The van der Waals surface area contributed by atoms with Crippen molar-refractivity contribution in [1.29, 1.82) is 0 Å². The Morgan fingerprint density at radius 2 is 1.97 bits per heavy atom. The minimum absolute atomic E-state index is 0.0460. The van der Waals surface area contributed by atoms with Crippen molar-refractivity contribution in [2.75, 3.05) is 52.5 Å². The quantitative estimate of drug-likeness (QED) is 0.423. The molecular weight excluding hydrogens is 453 g/mol. The minimum Gasteiger partial charge on any atom is -0.494 e. The summed E-state index contributed by atoms with van der Waals surface area (Å²) in [5.74, 6) is -1.02. The molecule has 0 saturated carbocycles. The topological polar surface area (TPSA) is 91.4 Å². The van der Waals surface area contributed by atoms with Gasteiger partial charge in [0.1, 0.15) is 23.0 Å². The zero-order chi connectivity index (χ0) is 23.4. The van der Waals surface area contributed by atoms with Crippen molar-refractivity contribution in [3.63, 3.8) is 0 Å². The van der Waals surface area contributed by atoms with Crippen molar-refractivity contribution in [3.8, 4) is 17.2 Å². The molecular formula is C23H24FNO7S. The van der Waals surface area contributed by atoms with Crippen molar-refractivity contribution in [2.45, 2.75) is 4.90 Å². The molecule has 0 unspecified atom stereocenters. The smallest absolute Gasteiger partial charge is 0.216 e. The lowest BCUT2D eigenvalue weighted by atomic mass is 10.1. The van der Waals surface area contributed by atoms with E-state index in [4.69, 9.17) is 18.9 Å². The van der Waals surface area contributed by atoms with Crippen molar-refractivity contribution in [3.05, 3.63) is 53.4 Å². The summed E-state index contributed by atoms with van der Waals surface area (Å²) in [6, 6.07) is 7.02. The van der Waals surface area contributed by atoms with E-state index in [-0.39, 0.29) is 27.7 Å². The monoisotopic (exact) mass is 477 g/mol. The van der Waals surface area contributed by atoms with Gasteiger partial charge in [-0.3, -0.25) is 9.69 Å². The molecule has 33 heavy (non-hydrogen) atoms. The summed E-state index contributed by atoms with van der Waals surface area (Å²) < 4.78 is 59.8. The molecule has 0 aliphatic carbocycles. The molecule has 176 valence electrons. The maximum absolute atomic E-state index is 13.9. The van der Waals surface area contributed by atoms with E-state index in [1.54, 1.807) is 6.07 Å². The lowest BCUT2D eigenvalue weighted by Gasteiger charge is -2.26. The largest absolute Gasteiger partial charge is 0.494 e. The molecule has 0 N–H and O–H groups in total. The molecule has 1 saturated heterocycles. The average molecular weight is 478 g/mol. The fourth-order valence-electron chi connectivity index (χ4n) is 3.57. The Hall–Kier alpha value is -2.95. The van der Waals surface area contributed by atoms with E-state index in [9.17, 15) is 17.6 Å². The number of hydrogen-bond donors (Lipinski definition) is 0. The van der Waals surface area contributed by atoms with Gasteiger partial charge in [-0.25, -0.2) is 12.8 Å². The number of benzene rings is 2. The van der Waals surface area contributed by atoms with Gasteiger partial charge < -0.3 is 18.9 Å². The van der Waals surface area contributed by atoms with E-state index < -0.39 is 27.4 Å². The first-order valence-electron chi connectivity index (χ1n) is 10.4. The highest BCUT2D eigenvalue weighted by molar-refractivity contribution is 7.91. The van der Waals surface area contributed by atoms with Crippen LogP contribution in [0.4, 0.5) is 4.39 Å². The van der Waals surface area contributed by atoms with Gasteiger partial charge in [0.2, 0.25) is 9.84 Å². The van der Waals surface area contributed by atoms with E-state index in [2.05, 4.69) is 4.90 Å². The summed E-state index contributed by atoms with van der Waals surface area (Å²) in [5, 5.41) is 0. The second-order valence-electron chi connectivity index (χ2n) is 7.57. The second kappa shape index (κ2) is 9.90. The lowest BCUT2D eigenvalue weighted by Crippen LogP contribution is -2.38. The molecule has 4 rings (SSSR count). The Balaban J connectivity index is 1.56. The molecule has 2 heterocycles. The Morgan fingerprint density at radius 1 is 1.18 bits per heavy atom. The van der Waals surface area contributed by atoms with Crippen molar-refractivity contribution < 1.29 is 36.6 Å². The van der Waals surface area contributed by atoms with E-state index in [0.29, 0.717) is 31.9 Å². The number of methoxy groups -OCH3 is 1. The number of sulfone groups is 1. The van der Waals surface area contributed by atoms with Crippen LogP contribution < -0.4 is 14.2 Å². The predicted molar refractivity (Wildman–Crippen MR) is 118 cm³/mol.